The largest absolute Gasteiger partial charge is 0.415 e. The molecule has 0 aliphatic carbocycles. The summed E-state index contributed by atoms with van der Waals surface area (Å²) in [5.41, 5.74) is -0.0381. The fourth-order valence-corrected chi connectivity index (χ4v) is 2.45. The summed E-state index contributed by atoms with van der Waals surface area (Å²) in [6.45, 7) is 2.19. The molecule has 0 bridgehead atoms. The zero-order valence-electron chi connectivity index (χ0n) is 12.9. The van der Waals surface area contributed by atoms with Crippen molar-refractivity contribution in [3.63, 3.8) is 0 Å². The number of rotatable bonds is 3. The highest BCUT2D eigenvalue weighted by Crippen LogP contribution is 2.18. The highest BCUT2D eigenvalue weighted by atomic mass is 16.6. The van der Waals surface area contributed by atoms with Crippen molar-refractivity contribution in [3.8, 4) is 5.75 Å². The molecule has 0 radical (unpaired) electrons. The Morgan fingerprint density at radius 1 is 1.08 bits per heavy atom. The van der Waals surface area contributed by atoms with Gasteiger partial charge in [0.05, 0.1) is 4.92 Å². The molecule has 1 saturated heterocycles. The number of carbonyl (C=O) groups is 1. The zero-order valence-corrected chi connectivity index (χ0v) is 12.9. The predicted molar refractivity (Wildman–Crippen MR) is 87.1 cm³/mol. The Labute approximate surface area is 138 Å². The average molecular weight is 328 g/mol. The number of pyridine rings is 1. The zero-order chi connectivity index (χ0) is 16.9. The van der Waals surface area contributed by atoms with Crippen molar-refractivity contribution in [1.82, 2.24) is 9.88 Å². The number of amides is 1. The van der Waals surface area contributed by atoms with Crippen LogP contribution in [0.4, 0.5) is 16.3 Å². The maximum absolute atomic E-state index is 12.1. The number of ether oxygens (including phenoxy) is 1. The highest BCUT2D eigenvalue weighted by molar-refractivity contribution is 5.71. The van der Waals surface area contributed by atoms with E-state index in [1.54, 1.807) is 35.2 Å². The lowest BCUT2D eigenvalue weighted by Gasteiger charge is -2.34. The molecule has 1 aliphatic heterocycles. The molecule has 0 atom stereocenters. The monoisotopic (exact) mass is 328 g/mol. The lowest BCUT2D eigenvalue weighted by Crippen LogP contribution is -2.49. The number of anilines is 1. The molecule has 3 rings (SSSR count). The van der Waals surface area contributed by atoms with Crippen molar-refractivity contribution in [2.75, 3.05) is 31.1 Å². The number of benzene rings is 1. The SMILES string of the molecule is O=C(Oc1ccccc1)N1CCN(c2ccc([N+](=O)[O-])cn2)CC1. The average Bonchev–Trinajstić information content (AvgIpc) is 2.63. The highest BCUT2D eigenvalue weighted by Gasteiger charge is 2.23. The summed E-state index contributed by atoms with van der Waals surface area (Å²) in [5, 5.41) is 10.7. The van der Waals surface area contributed by atoms with Gasteiger partial charge in [0, 0.05) is 32.2 Å². The van der Waals surface area contributed by atoms with Gasteiger partial charge in [0.2, 0.25) is 0 Å². The molecule has 1 aliphatic rings. The first kappa shape index (κ1) is 15.7. The molecule has 0 unspecified atom stereocenters. The quantitative estimate of drug-likeness (QED) is 0.634. The van der Waals surface area contributed by atoms with Crippen molar-refractivity contribution in [1.29, 1.82) is 0 Å². The Bertz CT molecular complexity index is 713. The molecular formula is C16H16N4O4. The summed E-state index contributed by atoms with van der Waals surface area (Å²) < 4.78 is 5.31. The number of carbonyl (C=O) groups excluding carboxylic acids is 1. The minimum absolute atomic E-state index is 0.0381. The lowest BCUT2D eigenvalue weighted by atomic mass is 10.3. The molecule has 0 spiro atoms. The topological polar surface area (TPSA) is 88.8 Å². The maximum atomic E-state index is 12.1. The Kier molecular flexibility index (Phi) is 4.55. The number of para-hydroxylation sites is 1. The summed E-state index contributed by atoms with van der Waals surface area (Å²) in [6.07, 6.45) is 0.864. The van der Waals surface area contributed by atoms with Crippen LogP contribution in [0, 0.1) is 10.1 Å². The summed E-state index contributed by atoms with van der Waals surface area (Å²) in [6, 6.07) is 12.0. The minimum atomic E-state index is -0.478. The van der Waals surface area contributed by atoms with Crippen molar-refractivity contribution in [3.05, 3.63) is 58.8 Å². The molecule has 2 heterocycles. The van der Waals surface area contributed by atoms with Gasteiger partial charge in [-0.15, -0.1) is 0 Å². The van der Waals surface area contributed by atoms with E-state index in [4.69, 9.17) is 4.74 Å². The van der Waals surface area contributed by atoms with Crippen LogP contribution in [0.3, 0.4) is 0 Å². The van der Waals surface area contributed by atoms with E-state index >= 15 is 0 Å². The fraction of sp³-hybridized carbons (Fsp3) is 0.250. The Morgan fingerprint density at radius 2 is 1.79 bits per heavy atom. The summed E-state index contributed by atoms with van der Waals surface area (Å²) >= 11 is 0. The van der Waals surface area contributed by atoms with Crippen molar-refractivity contribution in [2.45, 2.75) is 0 Å². The number of hydrogen-bond donors (Lipinski definition) is 0. The predicted octanol–water partition coefficient (Wildman–Crippen LogP) is 2.31. The minimum Gasteiger partial charge on any atom is -0.410 e. The molecule has 24 heavy (non-hydrogen) atoms. The van der Waals surface area contributed by atoms with Gasteiger partial charge >= 0.3 is 6.09 Å². The van der Waals surface area contributed by atoms with Crippen LogP contribution in [0.1, 0.15) is 0 Å². The number of piperazine rings is 1. The van der Waals surface area contributed by atoms with Crippen LogP contribution in [-0.2, 0) is 0 Å². The van der Waals surface area contributed by atoms with Gasteiger partial charge in [-0.2, -0.15) is 0 Å². The first-order valence-electron chi connectivity index (χ1n) is 7.51. The number of aromatic nitrogens is 1. The lowest BCUT2D eigenvalue weighted by molar-refractivity contribution is -0.385. The third kappa shape index (κ3) is 3.60. The molecular weight excluding hydrogens is 312 g/mol. The molecule has 1 fully saturated rings. The Hall–Kier alpha value is -3.16. The van der Waals surface area contributed by atoms with Gasteiger partial charge in [0.1, 0.15) is 17.8 Å². The molecule has 1 aromatic carbocycles. The van der Waals surface area contributed by atoms with E-state index in [0.717, 1.165) is 0 Å². The Morgan fingerprint density at radius 3 is 2.38 bits per heavy atom. The van der Waals surface area contributed by atoms with Crippen LogP contribution in [0.15, 0.2) is 48.7 Å². The van der Waals surface area contributed by atoms with E-state index in [1.807, 2.05) is 11.0 Å². The Balaban J connectivity index is 1.55. The van der Waals surface area contributed by atoms with Crippen LogP contribution in [0.2, 0.25) is 0 Å². The van der Waals surface area contributed by atoms with Crippen molar-refractivity contribution in [2.24, 2.45) is 0 Å². The van der Waals surface area contributed by atoms with Crippen LogP contribution >= 0.6 is 0 Å². The third-order valence-corrected chi connectivity index (χ3v) is 3.75. The number of nitrogens with zero attached hydrogens (tertiary/aromatic N) is 4. The van der Waals surface area contributed by atoms with Crippen LogP contribution < -0.4 is 9.64 Å². The smallest absolute Gasteiger partial charge is 0.410 e. The standard InChI is InChI=1S/C16H16N4O4/c21-16(24-14-4-2-1-3-5-14)19-10-8-18(9-11-19)15-7-6-13(12-17-15)20(22)23/h1-7,12H,8-11H2. The van der Waals surface area contributed by atoms with Gasteiger partial charge in [-0.05, 0) is 18.2 Å². The molecule has 8 heteroatoms. The molecule has 1 aromatic heterocycles. The second kappa shape index (κ2) is 6.95. The molecule has 1 amide bonds. The van der Waals surface area contributed by atoms with E-state index in [-0.39, 0.29) is 11.8 Å². The second-order valence-corrected chi connectivity index (χ2v) is 5.29. The summed E-state index contributed by atoms with van der Waals surface area (Å²) in [7, 11) is 0. The van der Waals surface area contributed by atoms with Crippen LogP contribution in [-0.4, -0.2) is 47.1 Å². The van der Waals surface area contributed by atoms with E-state index in [1.165, 1.54) is 12.3 Å². The maximum Gasteiger partial charge on any atom is 0.415 e. The van der Waals surface area contributed by atoms with Crippen LogP contribution in [0.5, 0.6) is 5.75 Å². The fourth-order valence-electron chi connectivity index (χ4n) is 2.45. The normalized spacial score (nSPS) is 14.3. The van der Waals surface area contributed by atoms with Crippen LogP contribution in [0.25, 0.3) is 0 Å². The first-order valence-corrected chi connectivity index (χ1v) is 7.51. The van der Waals surface area contributed by atoms with Gasteiger partial charge in [-0.1, -0.05) is 18.2 Å². The summed E-state index contributed by atoms with van der Waals surface area (Å²) in [5.74, 6) is 1.18. The van der Waals surface area contributed by atoms with Gasteiger partial charge in [0.25, 0.3) is 5.69 Å². The van der Waals surface area contributed by atoms with E-state index in [9.17, 15) is 14.9 Å². The molecule has 0 saturated carbocycles. The van der Waals surface area contributed by atoms with Gasteiger partial charge in [-0.3, -0.25) is 10.1 Å². The number of hydrogen-bond acceptors (Lipinski definition) is 6. The third-order valence-electron chi connectivity index (χ3n) is 3.75. The molecule has 0 N–H and O–H groups in total. The second-order valence-electron chi connectivity index (χ2n) is 5.29. The van der Waals surface area contributed by atoms with E-state index < -0.39 is 4.92 Å². The molecule has 124 valence electrons. The van der Waals surface area contributed by atoms with Gasteiger partial charge in [0.15, 0.2) is 0 Å². The van der Waals surface area contributed by atoms with E-state index in [0.29, 0.717) is 37.7 Å². The van der Waals surface area contributed by atoms with E-state index in [2.05, 4.69) is 4.98 Å². The molecule has 2 aromatic rings. The van der Waals surface area contributed by atoms with Gasteiger partial charge < -0.3 is 14.5 Å². The summed E-state index contributed by atoms with van der Waals surface area (Å²) in [4.78, 5) is 30.0. The van der Waals surface area contributed by atoms with Gasteiger partial charge in [-0.25, -0.2) is 9.78 Å². The molecule has 8 nitrogen and oxygen atoms in total. The van der Waals surface area contributed by atoms with Crippen molar-refractivity contribution < 1.29 is 14.5 Å². The number of nitro groups is 1. The van der Waals surface area contributed by atoms with Crippen molar-refractivity contribution >= 4 is 17.6 Å². The first-order chi connectivity index (χ1) is 11.6.